The summed E-state index contributed by atoms with van der Waals surface area (Å²) in [4.78, 5) is 0.101. The van der Waals surface area contributed by atoms with Gasteiger partial charge in [-0.2, -0.15) is 0 Å². The van der Waals surface area contributed by atoms with Crippen LogP contribution < -0.4 is 4.72 Å². The van der Waals surface area contributed by atoms with Crippen molar-refractivity contribution in [3.8, 4) is 0 Å². The van der Waals surface area contributed by atoms with Gasteiger partial charge in [0.2, 0.25) is 10.0 Å². The molecular weight excluding hydrogens is 353 g/mol. The van der Waals surface area contributed by atoms with Crippen molar-refractivity contribution in [1.29, 1.82) is 0 Å². The summed E-state index contributed by atoms with van der Waals surface area (Å²) in [6.45, 7) is 1.76. The van der Waals surface area contributed by atoms with Crippen LogP contribution in [0.1, 0.15) is 11.1 Å². The zero-order valence-electron chi connectivity index (χ0n) is 11.0. The Hall–Kier alpha value is -0.780. The van der Waals surface area contributed by atoms with Crippen molar-refractivity contribution in [2.45, 2.75) is 18.4 Å². The molecule has 2 rings (SSSR count). The Morgan fingerprint density at radius 1 is 1.00 bits per heavy atom. The summed E-state index contributed by atoms with van der Waals surface area (Å²) in [6, 6.07) is 9.90. The molecule has 0 aliphatic heterocycles. The van der Waals surface area contributed by atoms with Gasteiger partial charge < -0.3 is 0 Å². The van der Waals surface area contributed by atoms with Gasteiger partial charge in [-0.1, -0.05) is 53.0 Å². The number of nitrogens with one attached hydrogen (secondary N) is 1. The summed E-state index contributed by atoms with van der Waals surface area (Å²) in [5.41, 5.74) is 1.22. The van der Waals surface area contributed by atoms with Crippen molar-refractivity contribution >= 4 is 44.8 Å². The largest absolute Gasteiger partial charge is 0.241 e. The topological polar surface area (TPSA) is 46.2 Å². The molecule has 0 bridgehead atoms. The fourth-order valence-electron chi connectivity index (χ4n) is 1.81. The van der Waals surface area contributed by atoms with Crippen molar-refractivity contribution < 1.29 is 8.42 Å². The van der Waals surface area contributed by atoms with E-state index in [1.807, 2.05) is 0 Å². The number of halogens is 3. The van der Waals surface area contributed by atoms with Gasteiger partial charge in [-0.25, -0.2) is 13.1 Å². The molecule has 0 radical (unpaired) electrons. The molecule has 0 unspecified atom stereocenters. The monoisotopic (exact) mass is 363 g/mol. The van der Waals surface area contributed by atoms with Crippen LogP contribution in [0.5, 0.6) is 0 Å². The lowest BCUT2D eigenvalue weighted by atomic mass is 10.2. The van der Waals surface area contributed by atoms with E-state index in [0.29, 0.717) is 21.2 Å². The van der Waals surface area contributed by atoms with Gasteiger partial charge in [-0.15, -0.1) is 0 Å². The van der Waals surface area contributed by atoms with Gasteiger partial charge in [0.05, 0.1) is 14.9 Å². The minimum atomic E-state index is -3.70. The average Bonchev–Trinajstić information content (AvgIpc) is 2.42. The van der Waals surface area contributed by atoms with Crippen LogP contribution in [0, 0.1) is 6.92 Å². The molecule has 0 fully saturated rings. The maximum absolute atomic E-state index is 12.3. The third-order valence-electron chi connectivity index (χ3n) is 2.92. The van der Waals surface area contributed by atoms with Crippen LogP contribution in [0.25, 0.3) is 0 Å². The van der Waals surface area contributed by atoms with Crippen molar-refractivity contribution in [2.24, 2.45) is 0 Å². The second kappa shape index (κ2) is 6.55. The third kappa shape index (κ3) is 3.90. The second-order valence-electron chi connectivity index (χ2n) is 4.45. The average molecular weight is 365 g/mol. The fourth-order valence-corrected chi connectivity index (χ4v) is 3.72. The molecule has 0 saturated carbocycles. The van der Waals surface area contributed by atoms with Gasteiger partial charge in [-0.05, 0) is 36.2 Å². The van der Waals surface area contributed by atoms with Crippen molar-refractivity contribution in [2.75, 3.05) is 0 Å². The Morgan fingerprint density at radius 3 is 2.29 bits per heavy atom. The summed E-state index contributed by atoms with van der Waals surface area (Å²) in [5, 5.41) is 1.02. The van der Waals surface area contributed by atoms with E-state index < -0.39 is 10.0 Å². The predicted octanol–water partition coefficient (Wildman–Crippen LogP) is 4.43. The minimum Gasteiger partial charge on any atom is -0.207 e. The lowest BCUT2D eigenvalue weighted by Gasteiger charge is -2.11. The third-order valence-corrected chi connectivity index (χ3v) is 5.55. The summed E-state index contributed by atoms with van der Waals surface area (Å²) in [6.07, 6.45) is 0. The molecular formula is C14H12Cl3NO2S. The molecule has 0 spiro atoms. The standard InChI is InChI=1S/C14H12Cl3NO2S/c1-9-6-12(16)13(17)7-14(9)21(19,20)18-8-10-4-2-3-5-11(10)15/h2-7,18H,8H2,1H3. The molecule has 2 aromatic carbocycles. The number of hydrogen-bond donors (Lipinski definition) is 1. The van der Waals surface area contributed by atoms with Crippen LogP contribution in [0.4, 0.5) is 0 Å². The highest BCUT2D eigenvalue weighted by Crippen LogP contribution is 2.28. The van der Waals surface area contributed by atoms with Gasteiger partial charge in [-0.3, -0.25) is 0 Å². The molecule has 21 heavy (non-hydrogen) atoms. The minimum absolute atomic E-state index is 0.0989. The number of sulfonamides is 1. The summed E-state index contributed by atoms with van der Waals surface area (Å²) >= 11 is 17.8. The summed E-state index contributed by atoms with van der Waals surface area (Å²) in [7, 11) is -3.70. The highest BCUT2D eigenvalue weighted by Gasteiger charge is 2.18. The first kappa shape index (κ1) is 16.6. The number of rotatable bonds is 4. The smallest absolute Gasteiger partial charge is 0.207 e. The van der Waals surface area contributed by atoms with Gasteiger partial charge in [0.15, 0.2) is 0 Å². The second-order valence-corrected chi connectivity index (χ2v) is 7.40. The van der Waals surface area contributed by atoms with Crippen LogP contribution in [0.3, 0.4) is 0 Å². The Balaban J connectivity index is 2.27. The molecule has 1 N–H and O–H groups in total. The highest BCUT2D eigenvalue weighted by molar-refractivity contribution is 7.89. The van der Waals surface area contributed by atoms with Crippen molar-refractivity contribution in [3.63, 3.8) is 0 Å². The SMILES string of the molecule is Cc1cc(Cl)c(Cl)cc1S(=O)(=O)NCc1ccccc1Cl. The first-order valence-corrected chi connectivity index (χ1v) is 8.61. The van der Waals surface area contributed by atoms with Gasteiger partial charge in [0, 0.05) is 11.6 Å². The zero-order valence-corrected chi connectivity index (χ0v) is 14.1. The van der Waals surface area contributed by atoms with E-state index in [1.165, 1.54) is 12.1 Å². The van der Waals surface area contributed by atoms with Crippen LogP contribution in [0.15, 0.2) is 41.3 Å². The molecule has 0 atom stereocenters. The number of hydrogen-bond acceptors (Lipinski definition) is 2. The summed E-state index contributed by atoms with van der Waals surface area (Å²) < 4.78 is 27.2. The van der Waals surface area contributed by atoms with Crippen molar-refractivity contribution in [3.05, 3.63) is 62.6 Å². The number of benzene rings is 2. The molecule has 0 aromatic heterocycles. The van der Waals surface area contributed by atoms with E-state index in [2.05, 4.69) is 4.72 Å². The zero-order chi connectivity index (χ0) is 15.6. The first-order valence-electron chi connectivity index (χ1n) is 6.00. The Kier molecular flexibility index (Phi) is 5.17. The van der Waals surface area contributed by atoms with Crippen LogP contribution >= 0.6 is 34.8 Å². The van der Waals surface area contributed by atoms with E-state index in [4.69, 9.17) is 34.8 Å². The lowest BCUT2D eigenvalue weighted by molar-refractivity contribution is 0.580. The van der Waals surface area contributed by atoms with Gasteiger partial charge in [0.25, 0.3) is 0 Å². The van der Waals surface area contributed by atoms with Crippen LogP contribution in [0.2, 0.25) is 15.1 Å². The van der Waals surface area contributed by atoms with Crippen LogP contribution in [-0.2, 0) is 16.6 Å². The molecule has 2 aromatic rings. The van der Waals surface area contributed by atoms with Gasteiger partial charge in [0.1, 0.15) is 0 Å². The normalized spacial score (nSPS) is 11.6. The molecule has 0 heterocycles. The van der Waals surface area contributed by atoms with Crippen LogP contribution in [-0.4, -0.2) is 8.42 Å². The van der Waals surface area contributed by atoms with E-state index in [9.17, 15) is 8.42 Å². The summed E-state index contributed by atoms with van der Waals surface area (Å²) in [5.74, 6) is 0. The molecule has 3 nitrogen and oxygen atoms in total. The molecule has 0 amide bonds. The van der Waals surface area contributed by atoms with Gasteiger partial charge >= 0.3 is 0 Å². The Bertz CT molecular complexity index is 776. The maximum Gasteiger partial charge on any atom is 0.241 e. The molecule has 7 heteroatoms. The van der Waals surface area contributed by atoms with E-state index in [-0.39, 0.29) is 16.5 Å². The quantitative estimate of drug-likeness (QED) is 0.872. The van der Waals surface area contributed by atoms with Crippen molar-refractivity contribution in [1.82, 2.24) is 4.72 Å². The fraction of sp³-hybridized carbons (Fsp3) is 0.143. The maximum atomic E-state index is 12.3. The van der Waals surface area contributed by atoms with E-state index >= 15 is 0 Å². The molecule has 0 aliphatic rings. The molecule has 112 valence electrons. The van der Waals surface area contributed by atoms with E-state index in [0.717, 1.165) is 0 Å². The molecule has 0 saturated heterocycles. The Labute approximate surface area is 138 Å². The Morgan fingerprint density at radius 2 is 1.62 bits per heavy atom. The van der Waals surface area contributed by atoms with E-state index in [1.54, 1.807) is 31.2 Å². The predicted molar refractivity (Wildman–Crippen MR) is 86.7 cm³/mol. The number of aryl methyl sites for hydroxylation is 1. The highest BCUT2D eigenvalue weighted by atomic mass is 35.5. The first-order chi connectivity index (χ1) is 9.81. The lowest BCUT2D eigenvalue weighted by Crippen LogP contribution is -2.24. The molecule has 0 aliphatic carbocycles.